The van der Waals surface area contributed by atoms with Crippen LogP contribution in [0.4, 0.5) is 0 Å². The van der Waals surface area contributed by atoms with E-state index in [9.17, 15) is 4.79 Å². The highest BCUT2D eigenvalue weighted by Crippen LogP contribution is 2.21. The molecule has 0 aliphatic carbocycles. The zero-order chi connectivity index (χ0) is 17.2. The first kappa shape index (κ1) is 16.7. The second-order valence-corrected chi connectivity index (χ2v) is 8.86. The van der Waals surface area contributed by atoms with E-state index in [-0.39, 0.29) is 5.91 Å². The van der Waals surface area contributed by atoms with Gasteiger partial charge in [-0.05, 0) is 40.2 Å². The van der Waals surface area contributed by atoms with Gasteiger partial charge in [0, 0.05) is 5.39 Å². The second-order valence-electron chi connectivity index (χ2n) is 6.31. The number of nitrogens with zero attached hydrogens (tertiary/aromatic N) is 2. The number of pyridine rings is 1. The Balaban J connectivity index is 1.40. The minimum absolute atomic E-state index is 0.0451. The molecular weight excluding hydrogens is 398 g/mol. The molecule has 6 heteroatoms. The number of hydrogen-bond donors (Lipinski definition) is 1. The summed E-state index contributed by atoms with van der Waals surface area (Å²) in [6.45, 7) is 4.57. The summed E-state index contributed by atoms with van der Waals surface area (Å²) >= 11 is 5.31. The van der Waals surface area contributed by atoms with Gasteiger partial charge in [-0.2, -0.15) is 0 Å². The summed E-state index contributed by atoms with van der Waals surface area (Å²) in [4.78, 5) is 22.2. The molecule has 0 radical (unpaired) electrons. The monoisotopic (exact) mass is 416 g/mol. The molecule has 128 valence electrons. The predicted octanol–water partition coefficient (Wildman–Crippen LogP) is 2.60. The molecule has 1 aromatic carbocycles. The standard InChI is InChI=1S/C19H18BrN3OS/c20-18-8-6-15(25-18)13-22-9-11-23(12-10-22)19(24)17-7-5-14-3-1-2-4-16(14)21-17/h1-8H,9-13H2/p+1. The highest BCUT2D eigenvalue weighted by atomic mass is 79.9. The van der Waals surface area contributed by atoms with E-state index in [1.807, 2.05) is 41.3 Å². The molecule has 1 fully saturated rings. The number of benzene rings is 1. The lowest BCUT2D eigenvalue weighted by molar-refractivity contribution is -0.917. The van der Waals surface area contributed by atoms with E-state index in [0.29, 0.717) is 5.69 Å². The van der Waals surface area contributed by atoms with Crippen molar-refractivity contribution in [2.24, 2.45) is 0 Å². The van der Waals surface area contributed by atoms with Crippen molar-refractivity contribution < 1.29 is 9.69 Å². The second kappa shape index (κ2) is 7.23. The predicted molar refractivity (Wildman–Crippen MR) is 104 cm³/mol. The number of amides is 1. The molecule has 25 heavy (non-hydrogen) atoms. The van der Waals surface area contributed by atoms with E-state index < -0.39 is 0 Å². The highest BCUT2D eigenvalue weighted by Gasteiger charge is 2.25. The van der Waals surface area contributed by atoms with E-state index in [1.165, 1.54) is 13.6 Å². The van der Waals surface area contributed by atoms with E-state index in [4.69, 9.17) is 0 Å². The number of quaternary nitrogens is 1. The van der Waals surface area contributed by atoms with Crippen molar-refractivity contribution in [3.8, 4) is 0 Å². The molecule has 4 rings (SSSR count). The van der Waals surface area contributed by atoms with E-state index in [0.717, 1.165) is 43.6 Å². The third-order valence-corrected chi connectivity index (χ3v) is 6.25. The minimum atomic E-state index is 0.0451. The van der Waals surface area contributed by atoms with Crippen molar-refractivity contribution in [1.29, 1.82) is 0 Å². The van der Waals surface area contributed by atoms with Gasteiger partial charge < -0.3 is 9.80 Å². The molecule has 1 amide bonds. The van der Waals surface area contributed by atoms with Crippen LogP contribution in [0.5, 0.6) is 0 Å². The van der Waals surface area contributed by atoms with Crippen LogP contribution in [0.1, 0.15) is 15.4 Å². The fourth-order valence-electron chi connectivity index (χ4n) is 3.24. The Labute approximate surface area is 159 Å². The molecule has 4 nitrogen and oxygen atoms in total. The lowest BCUT2D eigenvalue weighted by Crippen LogP contribution is -3.13. The summed E-state index contributed by atoms with van der Waals surface area (Å²) in [6, 6.07) is 16.0. The van der Waals surface area contributed by atoms with Gasteiger partial charge in [0.05, 0.1) is 40.4 Å². The van der Waals surface area contributed by atoms with Gasteiger partial charge in [-0.25, -0.2) is 4.98 Å². The van der Waals surface area contributed by atoms with Crippen LogP contribution in [0.2, 0.25) is 0 Å². The van der Waals surface area contributed by atoms with Gasteiger partial charge in [-0.1, -0.05) is 24.3 Å². The molecular formula is C19H19BrN3OS+. The first-order valence-corrected chi connectivity index (χ1v) is 10.0. The van der Waals surface area contributed by atoms with E-state index in [1.54, 1.807) is 11.3 Å². The van der Waals surface area contributed by atoms with Crippen molar-refractivity contribution in [2.45, 2.75) is 6.54 Å². The molecule has 1 N–H and O–H groups in total. The number of para-hydroxylation sites is 1. The van der Waals surface area contributed by atoms with Crippen LogP contribution in [-0.4, -0.2) is 42.0 Å². The molecule has 1 aliphatic heterocycles. The van der Waals surface area contributed by atoms with Gasteiger partial charge >= 0.3 is 0 Å². The van der Waals surface area contributed by atoms with Crippen LogP contribution in [0.15, 0.2) is 52.3 Å². The Morgan fingerprint density at radius 1 is 1.12 bits per heavy atom. The largest absolute Gasteiger partial charge is 0.328 e. The molecule has 0 spiro atoms. The van der Waals surface area contributed by atoms with Crippen LogP contribution < -0.4 is 4.90 Å². The maximum atomic E-state index is 12.8. The van der Waals surface area contributed by atoms with Crippen LogP contribution in [0, 0.1) is 0 Å². The number of hydrogen-bond acceptors (Lipinski definition) is 3. The lowest BCUT2D eigenvalue weighted by Gasteiger charge is -2.31. The van der Waals surface area contributed by atoms with Crippen LogP contribution in [-0.2, 0) is 6.54 Å². The van der Waals surface area contributed by atoms with Gasteiger partial charge in [0.15, 0.2) is 0 Å². The number of nitrogens with one attached hydrogen (secondary N) is 1. The summed E-state index contributed by atoms with van der Waals surface area (Å²) in [5.74, 6) is 0.0451. The molecule has 0 atom stereocenters. The first-order valence-electron chi connectivity index (χ1n) is 8.42. The third-order valence-electron chi connectivity index (χ3n) is 4.63. The Bertz CT molecular complexity index is 902. The van der Waals surface area contributed by atoms with Crippen molar-refractivity contribution in [2.75, 3.05) is 26.2 Å². The Kier molecular flexibility index (Phi) is 4.83. The number of fused-ring (bicyclic) bond motifs is 1. The molecule has 3 heterocycles. The number of carbonyl (C=O) groups is 1. The molecule has 3 aromatic rings. The van der Waals surface area contributed by atoms with Crippen molar-refractivity contribution >= 4 is 44.1 Å². The maximum absolute atomic E-state index is 12.8. The molecule has 2 aromatic heterocycles. The van der Waals surface area contributed by atoms with Gasteiger partial charge in [0.25, 0.3) is 5.91 Å². The summed E-state index contributed by atoms with van der Waals surface area (Å²) in [5.41, 5.74) is 1.42. The van der Waals surface area contributed by atoms with Crippen LogP contribution in [0.3, 0.4) is 0 Å². The van der Waals surface area contributed by atoms with Crippen molar-refractivity contribution in [3.63, 3.8) is 0 Å². The fourth-order valence-corrected chi connectivity index (χ4v) is 4.80. The third kappa shape index (κ3) is 3.76. The molecule has 0 bridgehead atoms. The zero-order valence-corrected chi connectivity index (χ0v) is 16.1. The lowest BCUT2D eigenvalue weighted by atomic mass is 10.2. The van der Waals surface area contributed by atoms with Crippen molar-refractivity contribution in [1.82, 2.24) is 9.88 Å². The molecule has 1 saturated heterocycles. The maximum Gasteiger partial charge on any atom is 0.272 e. The van der Waals surface area contributed by atoms with Gasteiger partial charge in [0.1, 0.15) is 12.2 Å². The summed E-state index contributed by atoms with van der Waals surface area (Å²) in [7, 11) is 0. The Hall–Kier alpha value is -1.76. The van der Waals surface area contributed by atoms with Gasteiger partial charge in [-0.15, -0.1) is 11.3 Å². The summed E-state index contributed by atoms with van der Waals surface area (Å²) < 4.78 is 1.18. The normalized spacial score (nSPS) is 15.6. The van der Waals surface area contributed by atoms with Crippen LogP contribution >= 0.6 is 27.3 Å². The molecule has 0 saturated carbocycles. The van der Waals surface area contributed by atoms with Gasteiger partial charge in [0.2, 0.25) is 0 Å². The Morgan fingerprint density at radius 3 is 2.68 bits per heavy atom. The minimum Gasteiger partial charge on any atom is -0.328 e. The average Bonchev–Trinajstić information content (AvgIpc) is 3.06. The average molecular weight is 417 g/mol. The summed E-state index contributed by atoms with van der Waals surface area (Å²) in [6.07, 6.45) is 0. The Morgan fingerprint density at radius 2 is 1.92 bits per heavy atom. The highest BCUT2D eigenvalue weighted by molar-refractivity contribution is 9.11. The quantitative estimate of drug-likeness (QED) is 0.712. The van der Waals surface area contributed by atoms with E-state index >= 15 is 0 Å². The number of carbonyl (C=O) groups excluding carboxylic acids is 1. The number of thiophene rings is 1. The molecule has 0 unspecified atom stereocenters. The fraction of sp³-hybridized carbons (Fsp3) is 0.263. The van der Waals surface area contributed by atoms with Gasteiger partial charge in [-0.3, -0.25) is 4.79 Å². The number of aromatic nitrogens is 1. The number of rotatable bonds is 3. The first-order chi connectivity index (χ1) is 12.2. The van der Waals surface area contributed by atoms with Crippen LogP contribution in [0.25, 0.3) is 10.9 Å². The van der Waals surface area contributed by atoms with Crippen molar-refractivity contribution in [3.05, 3.63) is 62.9 Å². The zero-order valence-electron chi connectivity index (χ0n) is 13.7. The summed E-state index contributed by atoms with van der Waals surface area (Å²) in [5, 5.41) is 1.07. The number of piperazine rings is 1. The topological polar surface area (TPSA) is 37.6 Å². The van der Waals surface area contributed by atoms with E-state index in [2.05, 4.69) is 33.0 Å². The smallest absolute Gasteiger partial charge is 0.272 e. The number of halogens is 1. The SMILES string of the molecule is O=C(c1ccc2ccccc2n1)N1CC[NH+](Cc2ccc(Br)s2)CC1. The molecule has 1 aliphatic rings.